The second kappa shape index (κ2) is 6.00. The Morgan fingerprint density at radius 3 is 2.78 bits per heavy atom. The van der Waals surface area contributed by atoms with E-state index >= 15 is 0 Å². The van der Waals surface area contributed by atoms with Gasteiger partial charge in [0.2, 0.25) is 5.91 Å². The summed E-state index contributed by atoms with van der Waals surface area (Å²) in [5.41, 5.74) is 0. The number of benzene rings is 1. The zero-order valence-electron chi connectivity index (χ0n) is 10.6. The van der Waals surface area contributed by atoms with E-state index in [4.69, 9.17) is 9.47 Å². The lowest BCUT2D eigenvalue weighted by molar-refractivity contribution is -0.119. The standard InChI is InChI=1S/C13H17NO3S/c1-9(13(15)14-2)18-10-4-5-11-12(8-10)17-7-3-6-16-11/h4-5,8-9H,3,6-7H2,1-2H3,(H,14,15). The lowest BCUT2D eigenvalue weighted by atomic mass is 10.3. The van der Waals surface area contributed by atoms with E-state index in [0.717, 1.165) is 22.8 Å². The zero-order chi connectivity index (χ0) is 13.0. The summed E-state index contributed by atoms with van der Waals surface area (Å²) in [6.07, 6.45) is 0.895. The number of fused-ring (bicyclic) bond motifs is 1. The molecule has 2 rings (SSSR count). The van der Waals surface area contributed by atoms with Crippen LogP contribution in [0.1, 0.15) is 13.3 Å². The van der Waals surface area contributed by atoms with Crippen molar-refractivity contribution in [3.8, 4) is 11.5 Å². The highest BCUT2D eigenvalue weighted by Crippen LogP contribution is 2.35. The highest BCUT2D eigenvalue weighted by Gasteiger charge is 2.15. The van der Waals surface area contributed by atoms with Gasteiger partial charge in [-0.2, -0.15) is 0 Å². The lowest BCUT2D eigenvalue weighted by Gasteiger charge is -2.12. The average molecular weight is 267 g/mol. The number of thioether (sulfide) groups is 1. The molecule has 98 valence electrons. The van der Waals surface area contributed by atoms with Gasteiger partial charge in [0.15, 0.2) is 11.5 Å². The molecule has 18 heavy (non-hydrogen) atoms. The Labute approximate surface area is 111 Å². The third kappa shape index (κ3) is 3.10. The molecular formula is C13H17NO3S. The molecule has 4 nitrogen and oxygen atoms in total. The molecule has 0 bridgehead atoms. The number of amides is 1. The average Bonchev–Trinajstić information content (AvgIpc) is 2.62. The van der Waals surface area contributed by atoms with Crippen LogP contribution < -0.4 is 14.8 Å². The molecule has 0 saturated heterocycles. The molecule has 1 aromatic carbocycles. The van der Waals surface area contributed by atoms with Crippen LogP contribution in [0.3, 0.4) is 0 Å². The van der Waals surface area contributed by atoms with E-state index in [2.05, 4.69) is 5.32 Å². The molecular weight excluding hydrogens is 250 g/mol. The fraction of sp³-hybridized carbons (Fsp3) is 0.462. The zero-order valence-corrected chi connectivity index (χ0v) is 11.4. The van der Waals surface area contributed by atoms with Crippen molar-refractivity contribution >= 4 is 17.7 Å². The summed E-state index contributed by atoms with van der Waals surface area (Å²) < 4.78 is 11.2. The van der Waals surface area contributed by atoms with Crippen LogP contribution in [0.2, 0.25) is 0 Å². The molecule has 1 N–H and O–H groups in total. The third-order valence-corrected chi connectivity index (χ3v) is 3.74. The molecule has 5 heteroatoms. The third-order valence-electron chi connectivity index (χ3n) is 2.65. The minimum atomic E-state index is -0.125. The molecule has 0 spiro atoms. The molecule has 0 fully saturated rings. The van der Waals surface area contributed by atoms with E-state index in [1.54, 1.807) is 7.05 Å². The molecule has 1 aliphatic rings. The van der Waals surface area contributed by atoms with Gasteiger partial charge in [0, 0.05) is 18.4 Å². The normalized spacial score (nSPS) is 15.7. The molecule has 1 unspecified atom stereocenters. The summed E-state index contributed by atoms with van der Waals surface area (Å²) in [7, 11) is 1.65. The fourth-order valence-electron chi connectivity index (χ4n) is 1.68. The van der Waals surface area contributed by atoms with Crippen LogP contribution >= 0.6 is 11.8 Å². The predicted molar refractivity (Wildman–Crippen MR) is 71.4 cm³/mol. The Kier molecular flexibility index (Phi) is 4.36. The van der Waals surface area contributed by atoms with Gasteiger partial charge in [-0.25, -0.2) is 0 Å². The van der Waals surface area contributed by atoms with Crippen molar-refractivity contribution in [1.29, 1.82) is 0 Å². The Bertz CT molecular complexity index is 436. The van der Waals surface area contributed by atoms with Crippen LogP contribution in [0.4, 0.5) is 0 Å². The first-order valence-corrected chi connectivity index (χ1v) is 6.86. The molecule has 1 amide bonds. The van der Waals surface area contributed by atoms with Gasteiger partial charge in [0.1, 0.15) is 0 Å². The van der Waals surface area contributed by atoms with Crippen LogP contribution in [0.5, 0.6) is 11.5 Å². The van der Waals surface area contributed by atoms with Gasteiger partial charge in [-0.05, 0) is 25.1 Å². The lowest BCUT2D eigenvalue weighted by Crippen LogP contribution is -2.27. The van der Waals surface area contributed by atoms with Crippen molar-refractivity contribution < 1.29 is 14.3 Å². The van der Waals surface area contributed by atoms with E-state index in [-0.39, 0.29) is 11.2 Å². The number of carbonyl (C=O) groups is 1. The van der Waals surface area contributed by atoms with Crippen LogP contribution in [-0.2, 0) is 4.79 Å². The maximum atomic E-state index is 11.5. The van der Waals surface area contributed by atoms with Gasteiger partial charge in [-0.1, -0.05) is 0 Å². The molecule has 1 aliphatic heterocycles. The fourth-order valence-corrected chi connectivity index (χ4v) is 2.63. The van der Waals surface area contributed by atoms with Crippen LogP contribution in [-0.4, -0.2) is 31.4 Å². The number of ether oxygens (including phenoxy) is 2. The molecule has 0 radical (unpaired) electrons. The van der Waals surface area contributed by atoms with E-state index in [1.165, 1.54) is 11.8 Å². The summed E-state index contributed by atoms with van der Waals surface area (Å²) in [6, 6.07) is 5.79. The van der Waals surface area contributed by atoms with Crippen LogP contribution in [0.15, 0.2) is 23.1 Å². The molecule has 1 atom stereocenters. The first kappa shape index (κ1) is 13.1. The Morgan fingerprint density at radius 2 is 2.06 bits per heavy atom. The summed E-state index contributed by atoms with van der Waals surface area (Å²) in [5.74, 6) is 1.57. The number of carbonyl (C=O) groups excluding carboxylic acids is 1. The van der Waals surface area contributed by atoms with Gasteiger partial charge in [-0.3, -0.25) is 4.79 Å². The Morgan fingerprint density at radius 1 is 1.33 bits per heavy atom. The topological polar surface area (TPSA) is 47.6 Å². The summed E-state index contributed by atoms with van der Waals surface area (Å²) >= 11 is 1.51. The van der Waals surface area contributed by atoms with E-state index in [0.29, 0.717) is 13.2 Å². The first-order chi connectivity index (χ1) is 8.70. The predicted octanol–water partition coefficient (Wildman–Crippen LogP) is 2.07. The smallest absolute Gasteiger partial charge is 0.232 e. The van der Waals surface area contributed by atoms with Gasteiger partial charge in [0.25, 0.3) is 0 Å². The van der Waals surface area contributed by atoms with Gasteiger partial charge in [-0.15, -0.1) is 11.8 Å². The summed E-state index contributed by atoms with van der Waals surface area (Å²) in [4.78, 5) is 12.5. The minimum Gasteiger partial charge on any atom is -0.490 e. The van der Waals surface area contributed by atoms with Gasteiger partial charge >= 0.3 is 0 Å². The van der Waals surface area contributed by atoms with Crippen molar-refractivity contribution in [2.24, 2.45) is 0 Å². The van der Waals surface area contributed by atoms with Crippen LogP contribution in [0.25, 0.3) is 0 Å². The SMILES string of the molecule is CNC(=O)C(C)Sc1ccc2c(c1)OCCCO2. The van der Waals surface area contributed by atoms with E-state index in [1.807, 2.05) is 25.1 Å². The quantitative estimate of drug-likeness (QED) is 0.852. The monoisotopic (exact) mass is 267 g/mol. The van der Waals surface area contributed by atoms with Crippen LogP contribution in [0, 0.1) is 0 Å². The molecule has 1 aromatic rings. The largest absolute Gasteiger partial charge is 0.490 e. The summed E-state index contributed by atoms with van der Waals surface area (Å²) in [6.45, 7) is 3.24. The first-order valence-electron chi connectivity index (χ1n) is 5.98. The van der Waals surface area contributed by atoms with Crippen molar-refractivity contribution in [3.05, 3.63) is 18.2 Å². The van der Waals surface area contributed by atoms with Gasteiger partial charge < -0.3 is 14.8 Å². The van der Waals surface area contributed by atoms with Gasteiger partial charge in [0.05, 0.1) is 18.5 Å². The van der Waals surface area contributed by atoms with E-state index < -0.39 is 0 Å². The Balaban J connectivity index is 2.10. The summed E-state index contributed by atoms with van der Waals surface area (Å²) in [5, 5.41) is 2.52. The highest BCUT2D eigenvalue weighted by molar-refractivity contribution is 8.00. The molecule has 0 aliphatic carbocycles. The highest BCUT2D eigenvalue weighted by atomic mass is 32.2. The second-order valence-electron chi connectivity index (χ2n) is 4.03. The number of hydrogen-bond donors (Lipinski definition) is 1. The second-order valence-corrected chi connectivity index (χ2v) is 5.45. The van der Waals surface area contributed by atoms with Crippen molar-refractivity contribution in [2.75, 3.05) is 20.3 Å². The van der Waals surface area contributed by atoms with E-state index in [9.17, 15) is 4.79 Å². The maximum Gasteiger partial charge on any atom is 0.232 e. The molecule has 1 heterocycles. The maximum absolute atomic E-state index is 11.5. The minimum absolute atomic E-state index is 0.0205. The number of nitrogens with one attached hydrogen (secondary N) is 1. The Hall–Kier alpha value is -1.36. The van der Waals surface area contributed by atoms with Crippen molar-refractivity contribution in [3.63, 3.8) is 0 Å². The van der Waals surface area contributed by atoms with Crippen molar-refractivity contribution in [1.82, 2.24) is 5.32 Å². The number of rotatable bonds is 3. The molecule has 0 saturated carbocycles. The number of hydrogen-bond acceptors (Lipinski definition) is 4. The van der Waals surface area contributed by atoms with Crippen molar-refractivity contribution in [2.45, 2.75) is 23.5 Å². The molecule has 0 aromatic heterocycles.